The molecule has 1 fully saturated rings. The Balaban J connectivity index is 1.56. The standard InChI is InChI=1S/C32H32N2O5/c1-3-38-24-16-12-21(13-17-24)20-23-8-7-11-28-29(23)33-34(30(28)22-14-18-25(19-15-22)39-4-2)31(35)26-9-5-6-10-27(26)32(36)37/h5-6,9-10,12-20,28,30H,3-4,7-8,11H2,1-2H3,(H,36,37)/b23-20+. The van der Waals surface area contributed by atoms with Crippen LogP contribution in [0.1, 0.15) is 71.0 Å². The van der Waals surface area contributed by atoms with Crippen LogP contribution in [0.25, 0.3) is 6.08 Å². The lowest BCUT2D eigenvalue weighted by Crippen LogP contribution is -2.32. The molecule has 5 rings (SSSR count). The first-order chi connectivity index (χ1) is 19.0. The molecular formula is C32H32N2O5. The Morgan fingerprint density at radius 1 is 0.923 bits per heavy atom. The molecule has 1 aliphatic carbocycles. The predicted molar refractivity (Wildman–Crippen MR) is 150 cm³/mol. The van der Waals surface area contributed by atoms with E-state index in [1.165, 1.54) is 11.1 Å². The number of allylic oxidation sites excluding steroid dienone is 1. The van der Waals surface area contributed by atoms with Gasteiger partial charge >= 0.3 is 5.97 Å². The van der Waals surface area contributed by atoms with Gasteiger partial charge in [-0.15, -0.1) is 0 Å². The molecule has 0 aromatic heterocycles. The van der Waals surface area contributed by atoms with Crippen LogP contribution in [0.5, 0.6) is 11.5 Å². The number of carbonyl (C=O) groups excluding carboxylic acids is 1. The number of carboxylic acids is 1. The van der Waals surface area contributed by atoms with Crippen molar-refractivity contribution in [2.75, 3.05) is 13.2 Å². The lowest BCUT2D eigenvalue weighted by atomic mass is 9.77. The first-order valence-corrected chi connectivity index (χ1v) is 13.4. The maximum Gasteiger partial charge on any atom is 0.336 e. The largest absolute Gasteiger partial charge is 0.494 e. The van der Waals surface area contributed by atoms with Crippen LogP contribution < -0.4 is 9.47 Å². The molecule has 39 heavy (non-hydrogen) atoms. The molecule has 3 aromatic rings. The molecule has 2 atom stereocenters. The van der Waals surface area contributed by atoms with Gasteiger partial charge in [0, 0.05) is 5.92 Å². The fourth-order valence-electron chi connectivity index (χ4n) is 5.44. The molecule has 0 saturated heterocycles. The van der Waals surface area contributed by atoms with Gasteiger partial charge in [0.1, 0.15) is 11.5 Å². The quantitative estimate of drug-likeness (QED) is 0.358. The Hall–Kier alpha value is -4.39. The molecule has 7 heteroatoms. The molecule has 1 N–H and O–H groups in total. The second-order valence-corrected chi connectivity index (χ2v) is 9.60. The molecule has 1 heterocycles. The van der Waals surface area contributed by atoms with E-state index in [0.29, 0.717) is 13.2 Å². The Kier molecular flexibility index (Phi) is 7.77. The van der Waals surface area contributed by atoms with Crippen molar-refractivity contribution >= 4 is 23.7 Å². The number of hydrazone groups is 1. The summed E-state index contributed by atoms with van der Waals surface area (Å²) in [5, 5.41) is 16.2. The van der Waals surface area contributed by atoms with E-state index in [1.807, 2.05) is 62.4 Å². The first-order valence-electron chi connectivity index (χ1n) is 13.4. The maximum absolute atomic E-state index is 13.9. The van der Waals surface area contributed by atoms with Gasteiger partial charge in [-0.2, -0.15) is 5.10 Å². The monoisotopic (exact) mass is 524 g/mol. The molecule has 1 amide bonds. The van der Waals surface area contributed by atoms with Gasteiger partial charge in [-0.05, 0) is 92.3 Å². The van der Waals surface area contributed by atoms with Crippen molar-refractivity contribution in [3.05, 3.63) is 101 Å². The number of carboxylic acid groups (broad SMARTS) is 1. The van der Waals surface area contributed by atoms with E-state index >= 15 is 0 Å². The van der Waals surface area contributed by atoms with Crippen LogP contribution in [-0.4, -0.2) is 40.9 Å². The zero-order valence-corrected chi connectivity index (χ0v) is 22.2. The number of hydrogen-bond acceptors (Lipinski definition) is 5. The molecule has 0 spiro atoms. The zero-order chi connectivity index (χ0) is 27.4. The number of amides is 1. The molecule has 2 unspecified atom stereocenters. The summed E-state index contributed by atoms with van der Waals surface area (Å²) >= 11 is 0. The van der Waals surface area contributed by atoms with Crippen LogP contribution in [0.3, 0.4) is 0 Å². The second kappa shape index (κ2) is 11.6. The summed E-state index contributed by atoms with van der Waals surface area (Å²) in [5.74, 6) is 0.00993. The van der Waals surface area contributed by atoms with E-state index in [4.69, 9.17) is 14.6 Å². The van der Waals surface area contributed by atoms with Gasteiger partial charge in [-0.3, -0.25) is 4.79 Å². The highest BCUT2D eigenvalue weighted by Gasteiger charge is 2.44. The van der Waals surface area contributed by atoms with Crippen LogP contribution in [0.15, 0.2) is 83.5 Å². The summed E-state index contributed by atoms with van der Waals surface area (Å²) in [6, 6.07) is 21.7. The highest BCUT2D eigenvalue weighted by Crippen LogP contribution is 2.45. The molecule has 0 radical (unpaired) electrons. The van der Waals surface area contributed by atoms with Gasteiger partial charge in [0.25, 0.3) is 5.91 Å². The van der Waals surface area contributed by atoms with Crippen molar-refractivity contribution in [1.29, 1.82) is 0 Å². The smallest absolute Gasteiger partial charge is 0.336 e. The van der Waals surface area contributed by atoms with Crippen molar-refractivity contribution in [3.63, 3.8) is 0 Å². The number of ether oxygens (including phenoxy) is 2. The molecule has 1 aliphatic heterocycles. The van der Waals surface area contributed by atoms with Crippen LogP contribution in [0, 0.1) is 5.92 Å². The van der Waals surface area contributed by atoms with Gasteiger partial charge in [0.05, 0.1) is 36.1 Å². The van der Waals surface area contributed by atoms with Gasteiger partial charge in [-0.1, -0.05) is 36.4 Å². The average molecular weight is 525 g/mol. The molecule has 7 nitrogen and oxygen atoms in total. The number of hydrogen-bond donors (Lipinski definition) is 1. The lowest BCUT2D eigenvalue weighted by molar-refractivity contribution is 0.0645. The average Bonchev–Trinajstić information content (AvgIpc) is 3.35. The summed E-state index contributed by atoms with van der Waals surface area (Å²) < 4.78 is 11.2. The number of carbonyl (C=O) groups is 2. The van der Waals surface area contributed by atoms with Crippen molar-refractivity contribution in [2.45, 2.75) is 39.2 Å². The predicted octanol–water partition coefficient (Wildman–Crippen LogP) is 6.62. The van der Waals surface area contributed by atoms with Crippen LogP contribution in [-0.2, 0) is 0 Å². The third-order valence-electron chi connectivity index (χ3n) is 7.16. The zero-order valence-electron chi connectivity index (χ0n) is 22.2. The van der Waals surface area contributed by atoms with Crippen LogP contribution >= 0.6 is 0 Å². The highest BCUT2D eigenvalue weighted by molar-refractivity contribution is 6.10. The van der Waals surface area contributed by atoms with E-state index in [1.54, 1.807) is 18.2 Å². The van der Waals surface area contributed by atoms with Crippen LogP contribution in [0.2, 0.25) is 0 Å². The third kappa shape index (κ3) is 5.43. The molecular weight excluding hydrogens is 492 g/mol. The Labute approximate surface area is 228 Å². The molecule has 3 aromatic carbocycles. The van der Waals surface area contributed by atoms with E-state index in [9.17, 15) is 14.7 Å². The minimum atomic E-state index is -1.14. The second-order valence-electron chi connectivity index (χ2n) is 9.60. The fourth-order valence-corrected chi connectivity index (χ4v) is 5.44. The number of rotatable bonds is 8. The highest BCUT2D eigenvalue weighted by atomic mass is 16.5. The van der Waals surface area contributed by atoms with Crippen molar-refractivity contribution < 1.29 is 24.2 Å². The molecule has 0 bridgehead atoms. The van der Waals surface area contributed by atoms with E-state index < -0.39 is 11.9 Å². The summed E-state index contributed by atoms with van der Waals surface area (Å²) in [4.78, 5) is 25.9. The summed E-state index contributed by atoms with van der Waals surface area (Å²) in [7, 11) is 0. The Morgan fingerprint density at radius 2 is 1.54 bits per heavy atom. The number of nitrogens with zero attached hydrogens (tertiary/aromatic N) is 2. The van der Waals surface area contributed by atoms with Gasteiger partial charge < -0.3 is 14.6 Å². The minimum Gasteiger partial charge on any atom is -0.494 e. The van der Waals surface area contributed by atoms with Crippen molar-refractivity contribution in [1.82, 2.24) is 5.01 Å². The summed E-state index contributed by atoms with van der Waals surface area (Å²) in [5.41, 5.74) is 4.04. The maximum atomic E-state index is 13.9. The first kappa shape index (κ1) is 26.2. The Morgan fingerprint density at radius 3 is 2.15 bits per heavy atom. The Bertz CT molecular complexity index is 1410. The van der Waals surface area contributed by atoms with Gasteiger partial charge in [-0.25, -0.2) is 9.80 Å². The van der Waals surface area contributed by atoms with E-state index in [-0.39, 0.29) is 23.1 Å². The van der Waals surface area contributed by atoms with Crippen LogP contribution in [0.4, 0.5) is 0 Å². The summed E-state index contributed by atoms with van der Waals surface area (Å²) in [6.45, 7) is 5.07. The molecule has 1 saturated carbocycles. The van der Waals surface area contributed by atoms with E-state index in [2.05, 4.69) is 6.08 Å². The van der Waals surface area contributed by atoms with Crippen molar-refractivity contribution in [3.8, 4) is 11.5 Å². The lowest BCUT2D eigenvalue weighted by Gasteiger charge is -2.30. The topological polar surface area (TPSA) is 88.4 Å². The third-order valence-corrected chi connectivity index (χ3v) is 7.16. The number of aromatic carboxylic acids is 1. The van der Waals surface area contributed by atoms with Gasteiger partial charge in [0.15, 0.2) is 0 Å². The normalized spacial score (nSPS) is 19.4. The van der Waals surface area contributed by atoms with Crippen molar-refractivity contribution in [2.24, 2.45) is 11.0 Å². The number of benzene rings is 3. The minimum absolute atomic E-state index is 0.00779. The fraction of sp³-hybridized carbons (Fsp3) is 0.281. The summed E-state index contributed by atoms with van der Waals surface area (Å²) in [6.07, 6.45) is 4.83. The SMILES string of the molecule is CCOc1ccc(/C=C2\CCCC3C2=NN(C(=O)c2ccccc2C(=O)O)C3c2ccc(OCC)cc2)cc1. The number of fused-ring (bicyclic) bond motifs is 1. The van der Waals surface area contributed by atoms with E-state index in [0.717, 1.165) is 53.2 Å². The molecule has 2 aliphatic rings. The van der Waals surface area contributed by atoms with Gasteiger partial charge in [0.2, 0.25) is 0 Å². The molecule has 200 valence electrons.